The Labute approximate surface area is 107 Å². The molecule has 3 rings (SSSR count). The standard InChI is InChI=1S/C13H20N2OS/c1(12-9-14-4-7-16-12)5-15-6-2-13-11(10-15)3-8-17-13/h3,8,12,14H,1-2,4-7,9-10H2. The van der Waals surface area contributed by atoms with E-state index in [0.717, 1.165) is 32.7 Å². The fraction of sp³-hybridized carbons (Fsp3) is 0.692. The molecule has 1 atom stereocenters. The SMILES string of the molecule is c1cc2c(s1)CCN(CCC1CNCCO1)C2. The Bertz CT molecular complexity index is 360. The van der Waals surface area contributed by atoms with Crippen molar-refractivity contribution in [3.8, 4) is 0 Å². The van der Waals surface area contributed by atoms with Crippen LogP contribution >= 0.6 is 11.3 Å². The molecule has 0 radical (unpaired) electrons. The van der Waals surface area contributed by atoms with Gasteiger partial charge in [0.1, 0.15) is 0 Å². The van der Waals surface area contributed by atoms with Crippen LogP contribution in [0.2, 0.25) is 0 Å². The summed E-state index contributed by atoms with van der Waals surface area (Å²) >= 11 is 1.91. The molecule has 0 spiro atoms. The van der Waals surface area contributed by atoms with Crippen molar-refractivity contribution in [1.82, 2.24) is 10.2 Å². The molecule has 0 aliphatic carbocycles. The van der Waals surface area contributed by atoms with E-state index < -0.39 is 0 Å². The van der Waals surface area contributed by atoms with Gasteiger partial charge in [0.15, 0.2) is 0 Å². The molecular weight excluding hydrogens is 232 g/mol. The Hall–Kier alpha value is -0.420. The van der Waals surface area contributed by atoms with E-state index in [4.69, 9.17) is 4.74 Å². The number of nitrogens with one attached hydrogen (secondary N) is 1. The maximum atomic E-state index is 5.74. The number of ether oxygens (including phenoxy) is 1. The average molecular weight is 252 g/mol. The molecule has 0 aromatic carbocycles. The summed E-state index contributed by atoms with van der Waals surface area (Å²) in [5, 5.41) is 5.62. The fourth-order valence-corrected chi connectivity index (χ4v) is 3.52. The van der Waals surface area contributed by atoms with E-state index in [2.05, 4.69) is 21.7 Å². The highest BCUT2D eigenvalue weighted by Gasteiger charge is 2.19. The number of thiophene rings is 1. The largest absolute Gasteiger partial charge is 0.376 e. The summed E-state index contributed by atoms with van der Waals surface area (Å²) in [6.07, 6.45) is 2.82. The molecule has 2 aliphatic heterocycles. The predicted octanol–water partition coefficient (Wildman–Crippen LogP) is 1.48. The molecule has 2 aliphatic rings. The number of hydrogen-bond donors (Lipinski definition) is 1. The van der Waals surface area contributed by atoms with Gasteiger partial charge in [-0.15, -0.1) is 11.3 Å². The Morgan fingerprint density at radius 2 is 2.53 bits per heavy atom. The molecule has 3 nitrogen and oxygen atoms in total. The minimum absolute atomic E-state index is 0.424. The van der Waals surface area contributed by atoms with Crippen LogP contribution in [-0.4, -0.2) is 43.8 Å². The topological polar surface area (TPSA) is 24.5 Å². The molecule has 1 saturated heterocycles. The van der Waals surface area contributed by atoms with E-state index in [1.54, 1.807) is 10.4 Å². The predicted molar refractivity (Wildman–Crippen MR) is 70.5 cm³/mol. The molecule has 0 saturated carbocycles. The molecule has 1 unspecified atom stereocenters. The monoisotopic (exact) mass is 252 g/mol. The van der Waals surface area contributed by atoms with E-state index in [1.165, 1.54) is 19.5 Å². The molecular formula is C13H20N2OS. The van der Waals surface area contributed by atoms with Crippen molar-refractivity contribution >= 4 is 11.3 Å². The average Bonchev–Trinajstić information content (AvgIpc) is 2.85. The first-order valence-corrected chi connectivity index (χ1v) is 7.40. The minimum atomic E-state index is 0.424. The molecule has 3 heterocycles. The van der Waals surface area contributed by atoms with Gasteiger partial charge in [0.2, 0.25) is 0 Å². The molecule has 1 fully saturated rings. The molecule has 1 N–H and O–H groups in total. The van der Waals surface area contributed by atoms with Crippen LogP contribution in [0.25, 0.3) is 0 Å². The van der Waals surface area contributed by atoms with Crippen LogP contribution < -0.4 is 5.32 Å². The smallest absolute Gasteiger partial charge is 0.0712 e. The highest BCUT2D eigenvalue weighted by Crippen LogP contribution is 2.24. The van der Waals surface area contributed by atoms with Crippen molar-refractivity contribution in [2.45, 2.75) is 25.5 Å². The lowest BCUT2D eigenvalue weighted by Gasteiger charge is -2.30. The van der Waals surface area contributed by atoms with E-state index >= 15 is 0 Å². The van der Waals surface area contributed by atoms with Crippen molar-refractivity contribution in [1.29, 1.82) is 0 Å². The Balaban J connectivity index is 1.47. The highest BCUT2D eigenvalue weighted by molar-refractivity contribution is 7.10. The molecule has 0 amide bonds. The Morgan fingerprint density at radius 3 is 3.41 bits per heavy atom. The summed E-state index contributed by atoms with van der Waals surface area (Å²) in [5.41, 5.74) is 1.55. The first-order valence-electron chi connectivity index (χ1n) is 6.52. The second-order valence-electron chi connectivity index (χ2n) is 4.88. The zero-order valence-corrected chi connectivity index (χ0v) is 11.0. The van der Waals surface area contributed by atoms with E-state index in [0.29, 0.717) is 6.10 Å². The maximum Gasteiger partial charge on any atom is 0.0712 e. The van der Waals surface area contributed by atoms with Gasteiger partial charge in [-0.2, -0.15) is 0 Å². The highest BCUT2D eigenvalue weighted by atomic mass is 32.1. The van der Waals surface area contributed by atoms with E-state index in [1.807, 2.05) is 11.3 Å². The lowest BCUT2D eigenvalue weighted by Crippen LogP contribution is -2.41. The summed E-state index contributed by atoms with van der Waals surface area (Å²) in [7, 11) is 0. The number of nitrogens with zero attached hydrogens (tertiary/aromatic N) is 1. The Kier molecular flexibility index (Phi) is 3.76. The van der Waals surface area contributed by atoms with Gasteiger partial charge in [-0.3, -0.25) is 4.90 Å². The zero-order chi connectivity index (χ0) is 11.5. The van der Waals surface area contributed by atoms with Crippen LogP contribution in [0.5, 0.6) is 0 Å². The lowest BCUT2D eigenvalue weighted by atomic mass is 10.1. The van der Waals surface area contributed by atoms with Gasteiger partial charge in [0, 0.05) is 37.6 Å². The molecule has 4 heteroatoms. The van der Waals surface area contributed by atoms with Gasteiger partial charge in [-0.1, -0.05) is 0 Å². The van der Waals surface area contributed by atoms with Crippen molar-refractivity contribution in [2.24, 2.45) is 0 Å². The van der Waals surface area contributed by atoms with Crippen LogP contribution in [0.1, 0.15) is 16.9 Å². The number of fused-ring (bicyclic) bond motifs is 1. The zero-order valence-electron chi connectivity index (χ0n) is 10.2. The molecule has 94 valence electrons. The molecule has 1 aromatic heterocycles. The third-order valence-electron chi connectivity index (χ3n) is 3.66. The third kappa shape index (κ3) is 2.88. The quantitative estimate of drug-likeness (QED) is 0.882. The molecule has 1 aromatic rings. The second-order valence-corrected chi connectivity index (χ2v) is 5.88. The minimum Gasteiger partial charge on any atom is -0.376 e. The molecule has 0 bridgehead atoms. The summed E-state index contributed by atoms with van der Waals surface area (Å²) in [5.74, 6) is 0. The normalized spacial score (nSPS) is 25.8. The van der Waals surface area contributed by atoms with Crippen LogP contribution in [0.3, 0.4) is 0 Å². The summed E-state index contributed by atoms with van der Waals surface area (Å²) in [6.45, 7) is 6.43. The van der Waals surface area contributed by atoms with E-state index in [-0.39, 0.29) is 0 Å². The van der Waals surface area contributed by atoms with Crippen molar-refractivity contribution in [3.05, 3.63) is 21.9 Å². The fourth-order valence-electron chi connectivity index (χ4n) is 2.63. The van der Waals surface area contributed by atoms with Crippen LogP contribution in [-0.2, 0) is 17.7 Å². The van der Waals surface area contributed by atoms with Gasteiger partial charge >= 0.3 is 0 Å². The summed E-state index contributed by atoms with van der Waals surface area (Å²) in [4.78, 5) is 4.16. The van der Waals surface area contributed by atoms with Gasteiger partial charge in [0.05, 0.1) is 12.7 Å². The van der Waals surface area contributed by atoms with Crippen molar-refractivity contribution < 1.29 is 4.74 Å². The second kappa shape index (κ2) is 5.48. The summed E-state index contributed by atoms with van der Waals surface area (Å²) in [6, 6.07) is 2.28. The van der Waals surface area contributed by atoms with Crippen molar-refractivity contribution in [2.75, 3.05) is 32.8 Å². The number of rotatable bonds is 3. The van der Waals surface area contributed by atoms with Gasteiger partial charge in [0.25, 0.3) is 0 Å². The summed E-state index contributed by atoms with van der Waals surface area (Å²) < 4.78 is 5.74. The Morgan fingerprint density at radius 1 is 1.53 bits per heavy atom. The first-order chi connectivity index (χ1) is 8.42. The number of morpholine rings is 1. The molecule has 17 heavy (non-hydrogen) atoms. The van der Waals surface area contributed by atoms with Gasteiger partial charge < -0.3 is 10.1 Å². The van der Waals surface area contributed by atoms with Crippen molar-refractivity contribution in [3.63, 3.8) is 0 Å². The first kappa shape index (κ1) is 11.7. The van der Waals surface area contributed by atoms with Gasteiger partial charge in [-0.05, 0) is 29.9 Å². The number of hydrogen-bond acceptors (Lipinski definition) is 4. The van der Waals surface area contributed by atoms with Gasteiger partial charge in [-0.25, -0.2) is 0 Å². The van der Waals surface area contributed by atoms with E-state index in [9.17, 15) is 0 Å². The maximum absolute atomic E-state index is 5.74. The van der Waals surface area contributed by atoms with Crippen LogP contribution in [0, 0.1) is 0 Å². The third-order valence-corrected chi connectivity index (χ3v) is 4.68. The van der Waals surface area contributed by atoms with Crippen LogP contribution in [0.4, 0.5) is 0 Å². The lowest BCUT2D eigenvalue weighted by molar-refractivity contribution is 0.0166. The van der Waals surface area contributed by atoms with Crippen LogP contribution in [0.15, 0.2) is 11.4 Å².